The Morgan fingerprint density at radius 1 is 1.24 bits per heavy atom. The van der Waals surface area contributed by atoms with Gasteiger partial charge >= 0.3 is 0 Å². The van der Waals surface area contributed by atoms with E-state index < -0.39 is 0 Å². The van der Waals surface area contributed by atoms with Crippen molar-refractivity contribution in [2.75, 3.05) is 0 Å². The van der Waals surface area contributed by atoms with Crippen LogP contribution in [0.3, 0.4) is 0 Å². The number of hydrogen-bond donors (Lipinski definition) is 1. The lowest BCUT2D eigenvalue weighted by Crippen LogP contribution is -2.30. The summed E-state index contributed by atoms with van der Waals surface area (Å²) >= 11 is 0. The molecule has 0 bridgehead atoms. The number of rotatable bonds is 2. The van der Waals surface area contributed by atoms with Crippen molar-refractivity contribution in [2.45, 2.75) is 58.0 Å². The van der Waals surface area contributed by atoms with Gasteiger partial charge in [-0.2, -0.15) is 0 Å². The van der Waals surface area contributed by atoms with Gasteiger partial charge in [0.2, 0.25) is 0 Å². The number of aryl methyl sites for hydroxylation is 1. The highest BCUT2D eigenvalue weighted by atomic mass is 16.1. The second-order valence-electron chi connectivity index (χ2n) is 5.02. The summed E-state index contributed by atoms with van der Waals surface area (Å²) < 4.78 is 1.98. The predicted octanol–water partition coefficient (Wildman–Crippen LogP) is 2.51. The lowest BCUT2D eigenvalue weighted by atomic mass is 10.1. The number of aromatic nitrogens is 1. The lowest BCUT2D eigenvalue weighted by molar-refractivity contribution is 0.422. The molecule has 1 heterocycles. The Kier molecular flexibility index (Phi) is 4.00. The molecule has 2 N–H and O–H groups in total. The molecule has 2 rings (SSSR count). The van der Waals surface area contributed by atoms with Gasteiger partial charge in [0.15, 0.2) is 0 Å². The van der Waals surface area contributed by atoms with Crippen LogP contribution >= 0.6 is 0 Å². The molecule has 1 aromatic heterocycles. The molecule has 0 aliphatic heterocycles. The topological polar surface area (TPSA) is 48.0 Å². The van der Waals surface area contributed by atoms with Crippen LogP contribution in [0.15, 0.2) is 16.9 Å². The first-order valence-corrected chi connectivity index (χ1v) is 6.65. The molecule has 3 heteroatoms. The van der Waals surface area contributed by atoms with Gasteiger partial charge in [0.25, 0.3) is 5.56 Å². The summed E-state index contributed by atoms with van der Waals surface area (Å²) in [7, 11) is 0. The maximum atomic E-state index is 12.3. The number of pyridine rings is 1. The molecule has 0 amide bonds. The fourth-order valence-corrected chi connectivity index (χ4v) is 2.81. The van der Waals surface area contributed by atoms with Crippen LogP contribution in [-0.2, 0) is 6.54 Å². The molecule has 17 heavy (non-hydrogen) atoms. The normalized spacial score (nSPS) is 18.0. The van der Waals surface area contributed by atoms with Crippen molar-refractivity contribution >= 4 is 0 Å². The first-order chi connectivity index (χ1) is 8.24. The molecule has 0 spiro atoms. The van der Waals surface area contributed by atoms with Crippen molar-refractivity contribution in [1.29, 1.82) is 0 Å². The van der Waals surface area contributed by atoms with Gasteiger partial charge in [-0.15, -0.1) is 0 Å². The van der Waals surface area contributed by atoms with Crippen molar-refractivity contribution in [3.05, 3.63) is 33.7 Å². The van der Waals surface area contributed by atoms with Crippen LogP contribution in [-0.4, -0.2) is 4.57 Å². The van der Waals surface area contributed by atoms with E-state index in [-0.39, 0.29) is 5.56 Å². The highest BCUT2D eigenvalue weighted by Crippen LogP contribution is 2.26. The van der Waals surface area contributed by atoms with E-state index in [1.54, 1.807) is 0 Å². The fourth-order valence-electron chi connectivity index (χ4n) is 2.81. The van der Waals surface area contributed by atoms with Crippen molar-refractivity contribution < 1.29 is 0 Å². The van der Waals surface area contributed by atoms with Gasteiger partial charge in [-0.3, -0.25) is 4.79 Å². The van der Waals surface area contributed by atoms with Crippen molar-refractivity contribution in [3.63, 3.8) is 0 Å². The minimum Gasteiger partial charge on any atom is -0.326 e. The Bertz CT molecular complexity index is 428. The number of nitrogens with two attached hydrogens (primary N) is 1. The lowest BCUT2D eigenvalue weighted by Gasteiger charge is -2.21. The average Bonchev–Trinajstić information content (AvgIpc) is 2.58. The third-order valence-electron chi connectivity index (χ3n) is 3.81. The maximum absolute atomic E-state index is 12.3. The molecule has 1 aliphatic rings. The molecule has 0 saturated heterocycles. The Hall–Kier alpha value is -1.09. The number of hydrogen-bond acceptors (Lipinski definition) is 2. The third-order valence-corrected chi connectivity index (χ3v) is 3.81. The van der Waals surface area contributed by atoms with E-state index in [1.807, 2.05) is 23.6 Å². The summed E-state index contributed by atoms with van der Waals surface area (Å²) in [6.45, 7) is 2.36. The molecule has 1 fully saturated rings. The van der Waals surface area contributed by atoms with Gasteiger partial charge < -0.3 is 10.3 Å². The molecule has 0 unspecified atom stereocenters. The molecule has 1 aliphatic carbocycles. The minimum atomic E-state index is 0.124. The molecule has 3 nitrogen and oxygen atoms in total. The number of nitrogens with zero attached hydrogens (tertiary/aromatic N) is 1. The van der Waals surface area contributed by atoms with E-state index >= 15 is 0 Å². The Morgan fingerprint density at radius 2 is 1.88 bits per heavy atom. The zero-order chi connectivity index (χ0) is 12.3. The molecule has 0 aromatic carbocycles. The summed E-state index contributed by atoms with van der Waals surface area (Å²) in [6.07, 6.45) is 7.36. The van der Waals surface area contributed by atoms with Gasteiger partial charge in [0.05, 0.1) is 0 Å². The predicted molar refractivity (Wildman–Crippen MR) is 70.1 cm³/mol. The SMILES string of the molecule is Cc1ccc(CN)c(=O)n1C1CCCCCC1. The van der Waals surface area contributed by atoms with E-state index in [4.69, 9.17) is 5.73 Å². The van der Waals surface area contributed by atoms with Crippen molar-refractivity contribution in [1.82, 2.24) is 4.57 Å². The van der Waals surface area contributed by atoms with E-state index in [9.17, 15) is 4.79 Å². The van der Waals surface area contributed by atoms with Crippen LogP contribution in [0.25, 0.3) is 0 Å². The summed E-state index contributed by atoms with van der Waals surface area (Å²) in [5.41, 5.74) is 7.55. The summed E-state index contributed by atoms with van der Waals surface area (Å²) in [5, 5.41) is 0. The van der Waals surface area contributed by atoms with E-state index in [2.05, 4.69) is 0 Å². The minimum absolute atomic E-state index is 0.124. The molecular formula is C14H22N2O. The van der Waals surface area contributed by atoms with Gasteiger partial charge in [-0.05, 0) is 25.8 Å². The second-order valence-corrected chi connectivity index (χ2v) is 5.02. The fraction of sp³-hybridized carbons (Fsp3) is 0.643. The van der Waals surface area contributed by atoms with E-state index in [0.29, 0.717) is 12.6 Å². The van der Waals surface area contributed by atoms with Gasteiger partial charge in [-0.1, -0.05) is 31.7 Å². The van der Waals surface area contributed by atoms with Crippen LogP contribution in [0.1, 0.15) is 55.8 Å². The monoisotopic (exact) mass is 234 g/mol. The van der Waals surface area contributed by atoms with Crippen LogP contribution in [0.5, 0.6) is 0 Å². The molecule has 1 aromatic rings. The first kappa shape index (κ1) is 12.4. The third kappa shape index (κ3) is 2.60. The second kappa shape index (κ2) is 5.50. The van der Waals surface area contributed by atoms with E-state index in [1.165, 1.54) is 25.7 Å². The largest absolute Gasteiger partial charge is 0.326 e. The zero-order valence-corrected chi connectivity index (χ0v) is 10.6. The summed E-state index contributed by atoms with van der Waals surface area (Å²) in [5.74, 6) is 0. The van der Waals surface area contributed by atoms with Crippen molar-refractivity contribution in [2.24, 2.45) is 5.73 Å². The van der Waals surface area contributed by atoms with Gasteiger partial charge in [-0.25, -0.2) is 0 Å². The van der Waals surface area contributed by atoms with E-state index in [0.717, 1.165) is 24.1 Å². The highest BCUT2D eigenvalue weighted by Gasteiger charge is 2.17. The molecular weight excluding hydrogens is 212 g/mol. The van der Waals surface area contributed by atoms with Crippen molar-refractivity contribution in [3.8, 4) is 0 Å². The highest BCUT2D eigenvalue weighted by molar-refractivity contribution is 5.16. The molecule has 0 atom stereocenters. The quantitative estimate of drug-likeness (QED) is 0.799. The summed E-state index contributed by atoms with van der Waals surface area (Å²) in [4.78, 5) is 12.3. The van der Waals surface area contributed by atoms with Gasteiger partial charge in [0.1, 0.15) is 0 Å². The Balaban J connectivity index is 2.38. The van der Waals surface area contributed by atoms with Crippen LogP contribution in [0.2, 0.25) is 0 Å². The van der Waals surface area contributed by atoms with Gasteiger partial charge in [0, 0.05) is 23.8 Å². The van der Waals surface area contributed by atoms with Crippen LogP contribution in [0.4, 0.5) is 0 Å². The maximum Gasteiger partial charge on any atom is 0.255 e. The first-order valence-electron chi connectivity index (χ1n) is 6.65. The average molecular weight is 234 g/mol. The molecule has 94 valence electrons. The molecule has 1 saturated carbocycles. The smallest absolute Gasteiger partial charge is 0.255 e. The standard InChI is InChI=1S/C14H22N2O/c1-11-8-9-12(10-15)14(17)16(11)13-6-4-2-3-5-7-13/h8-9,13H,2-7,10,15H2,1H3. The Labute approximate surface area is 103 Å². The summed E-state index contributed by atoms with van der Waals surface area (Å²) in [6, 6.07) is 4.27. The van der Waals surface area contributed by atoms with Crippen LogP contribution < -0.4 is 11.3 Å². The Morgan fingerprint density at radius 3 is 2.47 bits per heavy atom. The zero-order valence-electron chi connectivity index (χ0n) is 10.6. The molecule has 0 radical (unpaired) electrons. The van der Waals surface area contributed by atoms with Crippen LogP contribution in [0, 0.1) is 6.92 Å².